The fourth-order valence-corrected chi connectivity index (χ4v) is 3.21. The third kappa shape index (κ3) is 5.16. The fraction of sp³-hybridized carbons (Fsp3) is 1.00. The Bertz CT molecular complexity index is 305. The van der Waals surface area contributed by atoms with Crippen LogP contribution in [-0.4, -0.2) is 41.0 Å². The zero-order valence-corrected chi connectivity index (χ0v) is 14.2. The molecule has 4 atom stereocenters. The topological polar surface area (TPSA) is 38.3 Å². The Morgan fingerprint density at radius 2 is 2.00 bits per heavy atom. The van der Waals surface area contributed by atoms with Crippen LogP contribution in [0.4, 0.5) is 0 Å². The van der Waals surface area contributed by atoms with Crippen LogP contribution in [0.1, 0.15) is 47.5 Å². The highest BCUT2D eigenvalue weighted by Crippen LogP contribution is 2.43. The Balaban J connectivity index is 2.32. The van der Waals surface area contributed by atoms with Crippen molar-refractivity contribution in [1.29, 1.82) is 0 Å². The fourth-order valence-electron chi connectivity index (χ4n) is 2.53. The molecule has 0 heterocycles. The van der Waals surface area contributed by atoms with Gasteiger partial charge < -0.3 is 10.1 Å². The molecule has 0 saturated heterocycles. The number of ether oxygens (including phenoxy) is 1. The summed E-state index contributed by atoms with van der Waals surface area (Å²) in [5, 5.41) is 3.67. The number of hydrogen-bond acceptors (Lipinski definition) is 3. The average molecular weight is 289 g/mol. The van der Waals surface area contributed by atoms with Gasteiger partial charge in [0, 0.05) is 46.9 Å². The number of nitrogens with one attached hydrogen (secondary N) is 1. The zero-order valence-electron chi connectivity index (χ0n) is 13.4. The molecule has 1 N–H and O–H groups in total. The van der Waals surface area contributed by atoms with Gasteiger partial charge in [0.25, 0.3) is 0 Å². The van der Waals surface area contributed by atoms with Gasteiger partial charge in [0.15, 0.2) is 0 Å². The lowest BCUT2D eigenvalue weighted by atomic mass is 9.64. The normalized spacial score (nSPS) is 29.0. The van der Waals surface area contributed by atoms with Crippen molar-refractivity contribution >= 4 is 10.8 Å². The van der Waals surface area contributed by atoms with Gasteiger partial charge >= 0.3 is 0 Å². The van der Waals surface area contributed by atoms with E-state index < -0.39 is 10.8 Å². The molecular formula is C15H31NO2S. The summed E-state index contributed by atoms with van der Waals surface area (Å²) in [6.45, 7) is 12.0. The molecule has 1 aliphatic rings. The van der Waals surface area contributed by atoms with Crippen LogP contribution in [0.2, 0.25) is 0 Å². The van der Waals surface area contributed by atoms with Gasteiger partial charge in [0.05, 0.1) is 6.10 Å². The molecule has 114 valence electrons. The van der Waals surface area contributed by atoms with Gasteiger partial charge in [0.2, 0.25) is 0 Å². The molecule has 0 aromatic rings. The van der Waals surface area contributed by atoms with Gasteiger partial charge in [-0.2, -0.15) is 0 Å². The van der Waals surface area contributed by atoms with Crippen LogP contribution in [-0.2, 0) is 15.5 Å². The van der Waals surface area contributed by atoms with E-state index in [0.717, 1.165) is 25.2 Å². The highest BCUT2D eigenvalue weighted by molar-refractivity contribution is 7.84. The Labute approximate surface area is 121 Å². The summed E-state index contributed by atoms with van der Waals surface area (Å²) in [5.41, 5.74) is 0.203. The summed E-state index contributed by atoms with van der Waals surface area (Å²) < 4.78 is 17.1. The van der Waals surface area contributed by atoms with Crippen LogP contribution in [0.15, 0.2) is 0 Å². The Kier molecular flexibility index (Phi) is 6.48. The summed E-state index contributed by atoms with van der Waals surface area (Å²) >= 11 is 0. The zero-order chi connectivity index (χ0) is 14.6. The molecule has 1 rings (SSSR count). The molecule has 1 fully saturated rings. The predicted molar refractivity (Wildman–Crippen MR) is 82.9 cm³/mol. The van der Waals surface area contributed by atoms with E-state index in [1.54, 1.807) is 6.26 Å². The van der Waals surface area contributed by atoms with Crippen molar-refractivity contribution in [3.05, 3.63) is 0 Å². The molecule has 0 bridgehead atoms. The highest BCUT2D eigenvalue weighted by atomic mass is 32.2. The lowest BCUT2D eigenvalue weighted by Crippen LogP contribution is -2.62. The maximum absolute atomic E-state index is 11.1. The first-order valence-corrected chi connectivity index (χ1v) is 9.13. The molecule has 0 amide bonds. The molecule has 4 unspecified atom stereocenters. The summed E-state index contributed by atoms with van der Waals surface area (Å²) in [6.07, 6.45) is 4.22. The van der Waals surface area contributed by atoms with E-state index in [1.807, 2.05) is 0 Å². The third-order valence-electron chi connectivity index (χ3n) is 4.13. The maximum atomic E-state index is 11.1. The molecule has 0 spiro atoms. The van der Waals surface area contributed by atoms with E-state index in [0.29, 0.717) is 24.1 Å². The van der Waals surface area contributed by atoms with E-state index in [2.05, 4.69) is 39.9 Å². The molecule has 0 aliphatic heterocycles. The van der Waals surface area contributed by atoms with Gasteiger partial charge in [-0.25, -0.2) is 0 Å². The Morgan fingerprint density at radius 3 is 2.47 bits per heavy atom. The van der Waals surface area contributed by atoms with Gasteiger partial charge in [-0.1, -0.05) is 27.7 Å². The first-order chi connectivity index (χ1) is 8.73. The SMILES string of the molecule is CC(C)COC1CC(NC(C)CCS(C)=O)C1(C)C. The van der Waals surface area contributed by atoms with E-state index in [-0.39, 0.29) is 5.41 Å². The third-order valence-corrected chi connectivity index (χ3v) is 4.94. The lowest BCUT2D eigenvalue weighted by Gasteiger charge is -2.53. The molecular weight excluding hydrogens is 258 g/mol. The number of rotatable bonds is 8. The average Bonchev–Trinajstić information content (AvgIpc) is 2.29. The van der Waals surface area contributed by atoms with Gasteiger partial charge in [-0.3, -0.25) is 4.21 Å². The van der Waals surface area contributed by atoms with E-state index >= 15 is 0 Å². The summed E-state index contributed by atoms with van der Waals surface area (Å²) in [4.78, 5) is 0. The van der Waals surface area contributed by atoms with Crippen LogP contribution in [0.3, 0.4) is 0 Å². The van der Waals surface area contributed by atoms with Gasteiger partial charge in [-0.05, 0) is 25.7 Å². The number of hydrogen-bond donors (Lipinski definition) is 1. The summed E-state index contributed by atoms with van der Waals surface area (Å²) in [5.74, 6) is 1.38. The van der Waals surface area contributed by atoms with Crippen molar-refractivity contribution in [2.45, 2.75) is 65.6 Å². The standard InChI is InChI=1S/C15H31NO2S/c1-11(2)10-18-14-9-13(15(14,4)5)16-12(3)7-8-19(6)17/h11-14,16H,7-10H2,1-6H3. The molecule has 1 saturated carbocycles. The van der Waals surface area contributed by atoms with Crippen molar-refractivity contribution in [1.82, 2.24) is 5.32 Å². The smallest absolute Gasteiger partial charge is 0.0656 e. The largest absolute Gasteiger partial charge is 0.377 e. The van der Waals surface area contributed by atoms with E-state index in [4.69, 9.17) is 4.74 Å². The van der Waals surface area contributed by atoms with Gasteiger partial charge in [0.1, 0.15) is 0 Å². The monoisotopic (exact) mass is 289 g/mol. The minimum atomic E-state index is -0.684. The summed E-state index contributed by atoms with van der Waals surface area (Å²) in [7, 11) is -0.684. The van der Waals surface area contributed by atoms with Crippen molar-refractivity contribution in [3.63, 3.8) is 0 Å². The first kappa shape index (κ1) is 17.1. The Morgan fingerprint density at radius 1 is 1.37 bits per heavy atom. The van der Waals surface area contributed by atoms with Crippen LogP contribution in [0, 0.1) is 11.3 Å². The minimum absolute atomic E-state index is 0.203. The Hall–Kier alpha value is 0.0700. The quantitative estimate of drug-likeness (QED) is 0.746. The van der Waals surface area contributed by atoms with E-state index in [9.17, 15) is 4.21 Å². The molecule has 19 heavy (non-hydrogen) atoms. The van der Waals surface area contributed by atoms with Crippen LogP contribution in [0.5, 0.6) is 0 Å². The minimum Gasteiger partial charge on any atom is -0.377 e. The molecule has 0 aromatic heterocycles. The molecule has 1 aliphatic carbocycles. The van der Waals surface area contributed by atoms with Crippen LogP contribution in [0.25, 0.3) is 0 Å². The summed E-state index contributed by atoms with van der Waals surface area (Å²) in [6, 6.07) is 0.948. The first-order valence-electron chi connectivity index (χ1n) is 7.41. The van der Waals surface area contributed by atoms with Crippen molar-refractivity contribution in [2.75, 3.05) is 18.6 Å². The van der Waals surface area contributed by atoms with Crippen molar-refractivity contribution in [3.8, 4) is 0 Å². The predicted octanol–water partition coefficient (Wildman–Crippen LogP) is 2.57. The molecule has 0 aromatic carbocycles. The maximum Gasteiger partial charge on any atom is 0.0656 e. The molecule has 3 nitrogen and oxygen atoms in total. The van der Waals surface area contributed by atoms with Crippen LogP contribution >= 0.6 is 0 Å². The van der Waals surface area contributed by atoms with Crippen molar-refractivity contribution < 1.29 is 8.95 Å². The van der Waals surface area contributed by atoms with E-state index in [1.165, 1.54) is 0 Å². The second kappa shape index (κ2) is 7.19. The highest BCUT2D eigenvalue weighted by Gasteiger charge is 2.49. The van der Waals surface area contributed by atoms with Gasteiger partial charge in [-0.15, -0.1) is 0 Å². The van der Waals surface area contributed by atoms with Crippen LogP contribution < -0.4 is 5.32 Å². The second-order valence-corrected chi connectivity index (χ2v) is 8.51. The van der Waals surface area contributed by atoms with Crippen molar-refractivity contribution in [2.24, 2.45) is 11.3 Å². The lowest BCUT2D eigenvalue weighted by molar-refractivity contribution is -0.125. The molecule has 0 radical (unpaired) electrons. The molecule has 4 heteroatoms. The second-order valence-electron chi connectivity index (χ2n) is 6.96.